The van der Waals surface area contributed by atoms with Gasteiger partial charge in [0.25, 0.3) is 5.91 Å². The van der Waals surface area contributed by atoms with Gasteiger partial charge in [0.05, 0.1) is 17.0 Å². The number of rotatable bonds is 5. The molecule has 0 aliphatic carbocycles. The smallest absolute Gasteiger partial charge is 0.296 e. The molecule has 5 aromatic rings. The molecule has 1 aliphatic heterocycles. The highest BCUT2D eigenvalue weighted by Crippen LogP contribution is 2.41. The fourth-order valence-corrected chi connectivity index (χ4v) is 4.76. The van der Waals surface area contributed by atoms with E-state index >= 15 is 0 Å². The van der Waals surface area contributed by atoms with E-state index in [1.807, 2.05) is 80.6 Å². The first-order valence-corrected chi connectivity index (χ1v) is 12.1. The van der Waals surface area contributed by atoms with Crippen molar-refractivity contribution in [3.8, 4) is 5.75 Å². The first-order chi connectivity index (χ1) is 18.0. The zero-order valence-corrected chi connectivity index (χ0v) is 20.5. The summed E-state index contributed by atoms with van der Waals surface area (Å²) in [7, 11) is 0. The molecule has 1 amide bonds. The van der Waals surface area contributed by atoms with Crippen LogP contribution in [0.2, 0.25) is 0 Å². The van der Waals surface area contributed by atoms with Crippen LogP contribution in [0, 0.1) is 13.8 Å². The molecular formula is C31H24N2O4. The van der Waals surface area contributed by atoms with Gasteiger partial charge in [-0.3, -0.25) is 14.5 Å². The molecule has 0 N–H and O–H groups in total. The molecule has 6 rings (SSSR count). The fourth-order valence-electron chi connectivity index (χ4n) is 4.76. The van der Waals surface area contributed by atoms with Crippen LogP contribution in [0.5, 0.6) is 5.75 Å². The number of hydrogen-bond donors (Lipinski definition) is 0. The van der Waals surface area contributed by atoms with E-state index in [0.29, 0.717) is 34.7 Å². The average Bonchev–Trinajstić information content (AvgIpc) is 3.21. The Kier molecular flexibility index (Phi) is 5.57. The summed E-state index contributed by atoms with van der Waals surface area (Å²) in [5.41, 5.74) is 4.17. The normalized spacial score (nSPS) is 14.7. The SMILES string of the molecule is Cc1ccc(N2C(=O)c3oc4ccc(C)cc4c(=O)c3C2c2cccc(OCc3ccccc3)c2)nc1. The molecule has 0 spiro atoms. The zero-order chi connectivity index (χ0) is 25.5. The van der Waals surface area contributed by atoms with E-state index in [1.54, 1.807) is 24.4 Å². The summed E-state index contributed by atoms with van der Waals surface area (Å²) in [5, 5.41) is 0.451. The van der Waals surface area contributed by atoms with Crippen LogP contribution in [0.15, 0.2) is 100 Å². The van der Waals surface area contributed by atoms with E-state index in [1.165, 1.54) is 4.90 Å². The molecule has 6 heteroatoms. The highest BCUT2D eigenvalue weighted by molar-refractivity contribution is 6.10. The van der Waals surface area contributed by atoms with Crippen LogP contribution in [0.1, 0.15) is 44.4 Å². The second-order valence-corrected chi connectivity index (χ2v) is 9.29. The third-order valence-electron chi connectivity index (χ3n) is 6.59. The minimum Gasteiger partial charge on any atom is -0.489 e. The van der Waals surface area contributed by atoms with Gasteiger partial charge in [0, 0.05) is 6.20 Å². The van der Waals surface area contributed by atoms with Crippen molar-refractivity contribution in [2.45, 2.75) is 26.5 Å². The van der Waals surface area contributed by atoms with Gasteiger partial charge < -0.3 is 9.15 Å². The van der Waals surface area contributed by atoms with Crippen molar-refractivity contribution in [2.24, 2.45) is 0 Å². The average molecular weight is 489 g/mol. The number of aryl methyl sites for hydroxylation is 2. The summed E-state index contributed by atoms with van der Waals surface area (Å²) >= 11 is 0. The standard InChI is InChI=1S/C31H24N2O4/c1-19-11-13-25-24(15-19)29(34)27-28(33(31(35)30(27)37-25)26-14-12-20(2)17-32-26)22-9-6-10-23(16-22)36-18-21-7-4-3-5-8-21/h3-17,28H,18H2,1-2H3. The molecule has 3 aromatic carbocycles. The van der Waals surface area contributed by atoms with Crippen LogP contribution in [0.25, 0.3) is 11.0 Å². The second-order valence-electron chi connectivity index (χ2n) is 9.29. The Morgan fingerprint density at radius 2 is 1.70 bits per heavy atom. The Bertz CT molecular complexity index is 1690. The van der Waals surface area contributed by atoms with Gasteiger partial charge in [-0.25, -0.2) is 4.98 Å². The van der Waals surface area contributed by atoms with Crippen molar-refractivity contribution in [3.05, 3.63) is 135 Å². The molecule has 182 valence electrons. The van der Waals surface area contributed by atoms with Crippen molar-refractivity contribution in [3.63, 3.8) is 0 Å². The second kappa shape index (κ2) is 9.06. The molecule has 0 fully saturated rings. The van der Waals surface area contributed by atoms with Crippen molar-refractivity contribution >= 4 is 22.7 Å². The summed E-state index contributed by atoms with van der Waals surface area (Å²) in [6, 6.07) is 25.8. The summed E-state index contributed by atoms with van der Waals surface area (Å²) in [4.78, 5) is 33.6. The van der Waals surface area contributed by atoms with E-state index in [4.69, 9.17) is 9.15 Å². The quantitative estimate of drug-likeness (QED) is 0.297. The van der Waals surface area contributed by atoms with Gasteiger partial charge in [-0.05, 0) is 60.9 Å². The number of nitrogens with zero attached hydrogens (tertiary/aromatic N) is 2. The number of amides is 1. The van der Waals surface area contributed by atoms with Crippen LogP contribution in [0.4, 0.5) is 5.82 Å². The molecule has 2 aromatic heterocycles. The first-order valence-electron chi connectivity index (χ1n) is 12.1. The van der Waals surface area contributed by atoms with Gasteiger partial charge in [0.15, 0.2) is 5.43 Å². The van der Waals surface area contributed by atoms with Crippen LogP contribution >= 0.6 is 0 Å². The van der Waals surface area contributed by atoms with Gasteiger partial charge in [-0.2, -0.15) is 0 Å². The van der Waals surface area contributed by atoms with Crippen molar-refractivity contribution in [2.75, 3.05) is 4.90 Å². The molecule has 6 nitrogen and oxygen atoms in total. The van der Waals surface area contributed by atoms with Crippen molar-refractivity contribution in [1.82, 2.24) is 4.98 Å². The lowest BCUT2D eigenvalue weighted by Crippen LogP contribution is -2.30. The summed E-state index contributed by atoms with van der Waals surface area (Å²) < 4.78 is 12.1. The zero-order valence-electron chi connectivity index (χ0n) is 20.5. The van der Waals surface area contributed by atoms with Crippen LogP contribution < -0.4 is 15.1 Å². The number of aromatic nitrogens is 1. The Balaban J connectivity index is 1.50. The maximum atomic E-state index is 13.8. The molecule has 0 radical (unpaired) electrons. The third-order valence-corrected chi connectivity index (χ3v) is 6.59. The van der Waals surface area contributed by atoms with E-state index in [-0.39, 0.29) is 11.2 Å². The van der Waals surface area contributed by atoms with E-state index in [0.717, 1.165) is 22.3 Å². The Morgan fingerprint density at radius 1 is 0.892 bits per heavy atom. The van der Waals surface area contributed by atoms with E-state index < -0.39 is 11.9 Å². The Morgan fingerprint density at radius 3 is 2.49 bits per heavy atom. The van der Waals surface area contributed by atoms with Gasteiger partial charge in [0.1, 0.15) is 23.8 Å². The van der Waals surface area contributed by atoms with E-state index in [9.17, 15) is 9.59 Å². The van der Waals surface area contributed by atoms with Crippen molar-refractivity contribution in [1.29, 1.82) is 0 Å². The molecule has 1 atom stereocenters. The third kappa shape index (κ3) is 4.06. The topological polar surface area (TPSA) is 72.6 Å². The number of ether oxygens (including phenoxy) is 1. The monoisotopic (exact) mass is 488 g/mol. The summed E-state index contributed by atoms with van der Waals surface area (Å²) in [6.07, 6.45) is 1.71. The first kappa shape index (κ1) is 22.7. The highest BCUT2D eigenvalue weighted by Gasteiger charge is 2.44. The molecule has 37 heavy (non-hydrogen) atoms. The van der Waals surface area contributed by atoms with Gasteiger partial charge in [-0.15, -0.1) is 0 Å². The van der Waals surface area contributed by atoms with Gasteiger partial charge in [-0.1, -0.05) is 60.2 Å². The maximum Gasteiger partial charge on any atom is 0.296 e. The minimum atomic E-state index is -0.709. The van der Waals surface area contributed by atoms with E-state index in [2.05, 4.69) is 4.98 Å². The molecule has 1 unspecified atom stereocenters. The lowest BCUT2D eigenvalue weighted by molar-refractivity contribution is 0.0970. The minimum absolute atomic E-state index is 0.0457. The lowest BCUT2D eigenvalue weighted by atomic mass is 9.98. The van der Waals surface area contributed by atoms with Gasteiger partial charge >= 0.3 is 0 Å². The predicted octanol–water partition coefficient (Wildman–Crippen LogP) is 6.13. The molecule has 0 saturated heterocycles. The maximum absolute atomic E-state index is 13.8. The fraction of sp³-hybridized carbons (Fsp3) is 0.129. The number of fused-ring (bicyclic) bond motifs is 2. The molecule has 3 heterocycles. The number of pyridine rings is 1. The number of carbonyl (C=O) groups is 1. The highest BCUT2D eigenvalue weighted by atomic mass is 16.5. The lowest BCUT2D eigenvalue weighted by Gasteiger charge is -2.24. The molecule has 0 saturated carbocycles. The Labute approximate surface area is 213 Å². The van der Waals surface area contributed by atoms with Crippen LogP contribution in [-0.2, 0) is 6.61 Å². The largest absolute Gasteiger partial charge is 0.489 e. The van der Waals surface area contributed by atoms with Crippen LogP contribution in [-0.4, -0.2) is 10.9 Å². The Hall–Kier alpha value is -4.71. The molecular weight excluding hydrogens is 464 g/mol. The number of carbonyl (C=O) groups excluding carboxylic acids is 1. The number of anilines is 1. The van der Waals surface area contributed by atoms with Crippen LogP contribution in [0.3, 0.4) is 0 Å². The molecule has 1 aliphatic rings. The van der Waals surface area contributed by atoms with Crippen molar-refractivity contribution < 1.29 is 13.9 Å². The number of benzene rings is 3. The number of hydrogen-bond acceptors (Lipinski definition) is 5. The predicted molar refractivity (Wildman–Crippen MR) is 142 cm³/mol. The summed E-state index contributed by atoms with van der Waals surface area (Å²) in [5.74, 6) is 0.734. The summed E-state index contributed by atoms with van der Waals surface area (Å²) in [6.45, 7) is 4.26. The van der Waals surface area contributed by atoms with Gasteiger partial charge in [0.2, 0.25) is 5.76 Å². The molecule has 0 bridgehead atoms.